The molecule has 0 unspecified atom stereocenters. The zero-order chi connectivity index (χ0) is 41.2. The molecule has 1 aliphatic carbocycles. The summed E-state index contributed by atoms with van der Waals surface area (Å²) in [6.07, 6.45) is 9.09. The van der Waals surface area contributed by atoms with E-state index in [4.69, 9.17) is 0 Å². The van der Waals surface area contributed by atoms with Gasteiger partial charge in [0.25, 0.3) is 0 Å². The van der Waals surface area contributed by atoms with Gasteiger partial charge in [-0.3, -0.25) is 0 Å². The minimum atomic E-state index is 1.03. The molecule has 2 nitrogen and oxygen atoms in total. The Bertz CT molecular complexity index is 3250. The summed E-state index contributed by atoms with van der Waals surface area (Å²) >= 11 is 0. The van der Waals surface area contributed by atoms with E-state index in [0.29, 0.717) is 0 Å². The highest BCUT2D eigenvalue weighted by Gasteiger charge is 2.23. The third-order valence-corrected chi connectivity index (χ3v) is 12.2. The number of allylic oxidation sites excluding steroid dienone is 4. The molecule has 0 bridgehead atoms. The number of fused-ring (bicyclic) bond motifs is 3. The van der Waals surface area contributed by atoms with Crippen molar-refractivity contribution in [2.45, 2.75) is 12.8 Å². The lowest BCUT2D eigenvalue weighted by Crippen LogP contribution is -2.11. The maximum absolute atomic E-state index is 2.50. The van der Waals surface area contributed by atoms with Crippen molar-refractivity contribution in [3.05, 3.63) is 243 Å². The largest absolute Gasteiger partial charge is 0.310 e. The lowest BCUT2D eigenvalue weighted by molar-refractivity contribution is 1.02. The van der Waals surface area contributed by atoms with Crippen LogP contribution < -0.4 is 4.90 Å². The van der Waals surface area contributed by atoms with Crippen LogP contribution in [0, 0.1) is 0 Å². The van der Waals surface area contributed by atoms with Gasteiger partial charge in [0.2, 0.25) is 0 Å². The molecule has 62 heavy (non-hydrogen) atoms. The first-order valence-corrected chi connectivity index (χ1v) is 21.6. The molecule has 0 spiro atoms. The quantitative estimate of drug-likeness (QED) is 0.141. The molecule has 10 aromatic rings. The standard InChI is InChI=1S/C60H44N2/c1-5-18-43(19-6-1)44-32-34-45(35-33-44)46-36-38-51(39-37-46)61(57-30-15-13-28-53(57)47-20-7-2-8-21-47)52-27-17-24-49(42-52)54-40-41-55(48-22-9-3-10-23-48)60-59(54)56-29-14-16-31-58(56)62(60)50-25-11-4-12-26-50/h1-3,5-11,13-42H,4,12H2. The van der Waals surface area contributed by atoms with Gasteiger partial charge in [0, 0.05) is 39.0 Å². The number of hydrogen-bond acceptors (Lipinski definition) is 1. The average molecular weight is 793 g/mol. The number of benzene rings is 9. The summed E-state index contributed by atoms with van der Waals surface area (Å²) in [7, 11) is 0. The van der Waals surface area contributed by atoms with E-state index in [1.807, 2.05) is 0 Å². The fourth-order valence-electron chi connectivity index (χ4n) is 9.28. The Hall–Kier alpha value is -7.94. The second kappa shape index (κ2) is 16.3. The van der Waals surface area contributed by atoms with Crippen LogP contribution in [0.1, 0.15) is 12.8 Å². The number of hydrogen-bond donors (Lipinski definition) is 0. The Balaban J connectivity index is 1.08. The third kappa shape index (κ3) is 6.82. The Labute approximate surface area is 363 Å². The van der Waals surface area contributed by atoms with E-state index in [2.05, 4.69) is 252 Å². The lowest BCUT2D eigenvalue weighted by Gasteiger charge is -2.28. The SMILES string of the molecule is C1=CC(n2c3ccccc3c3c(-c4cccc(N(c5ccc(-c6ccc(-c7ccccc7)cc6)cc5)c5ccccc5-c5ccccc5)c4)ccc(-c4ccccc4)c32)=CCC1. The lowest BCUT2D eigenvalue weighted by atomic mass is 9.94. The maximum atomic E-state index is 2.50. The topological polar surface area (TPSA) is 8.17 Å². The van der Waals surface area contributed by atoms with Gasteiger partial charge in [-0.2, -0.15) is 0 Å². The molecule has 0 aliphatic heterocycles. The van der Waals surface area contributed by atoms with Gasteiger partial charge in [-0.05, 0) is 99.8 Å². The molecule has 0 radical (unpaired) electrons. The number of rotatable bonds is 9. The summed E-state index contributed by atoms with van der Waals surface area (Å²) in [6.45, 7) is 0. The van der Waals surface area contributed by atoms with Crippen LogP contribution in [0.3, 0.4) is 0 Å². The monoisotopic (exact) mass is 792 g/mol. The van der Waals surface area contributed by atoms with Gasteiger partial charge in [0.05, 0.1) is 16.7 Å². The zero-order valence-electron chi connectivity index (χ0n) is 34.4. The van der Waals surface area contributed by atoms with Crippen LogP contribution in [-0.2, 0) is 0 Å². The van der Waals surface area contributed by atoms with Crippen molar-refractivity contribution in [2.24, 2.45) is 0 Å². The van der Waals surface area contributed by atoms with Gasteiger partial charge < -0.3 is 9.47 Å². The van der Waals surface area contributed by atoms with Crippen LogP contribution in [0.5, 0.6) is 0 Å². The van der Waals surface area contributed by atoms with Gasteiger partial charge in [-0.25, -0.2) is 0 Å². The van der Waals surface area contributed by atoms with Crippen molar-refractivity contribution in [3.8, 4) is 55.6 Å². The predicted molar refractivity (Wildman–Crippen MR) is 264 cm³/mol. The first-order chi connectivity index (χ1) is 30.8. The van der Waals surface area contributed by atoms with E-state index in [9.17, 15) is 0 Å². The van der Waals surface area contributed by atoms with Crippen molar-refractivity contribution in [1.29, 1.82) is 0 Å². The van der Waals surface area contributed by atoms with Gasteiger partial charge >= 0.3 is 0 Å². The van der Waals surface area contributed by atoms with Gasteiger partial charge in [0.15, 0.2) is 0 Å². The van der Waals surface area contributed by atoms with E-state index in [0.717, 1.165) is 29.9 Å². The van der Waals surface area contributed by atoms with Crippen LogP contribution in [-0.4, -0.2) is 4.57 Å². The average Bonchev–Trinajstić information content (AvgIpc) is 3.71. The first-order valence-electron chi connectivity index (χ1n) is 21.6. The van der Waals surface area contributed by atoms with E-state index < -0.39 is 0 Å². The van der Waals surface area contributed by atoms with Crippen LogP contribution in [0.2, 0.25) is 0 Å². The van der Waals surface area contributed by atoms with E-state index >= 15 is 0 Å². The molecule has 1 heterocycles. The van der Waals surface area contributed by atoms with Crippen LogP contribution in [0.25, 0.3) is 83.1 Å². The van der Waals surface area contributed by atoms with Gasteiger partial charge in [0.1, 0.15) is 0 Å². The fraction of sp³-hybridized carbons (Fsp3) is 0.0333. The minimum Gasteiger partial charge on any atom is -0.310 e. The van der Waals surface area contributed by atoms with Crippen molar-refractivity contribution in [1.82, 2.24) is 4.57 Å². The number of anilines is 3. The molecule has 2 heteroatoms. The summed E-state index contributed by atoms with van der Waals surface area (Å²) in [4.78, 5) is 2.42. The Morgan fingerprint density at radius 3 is 1.60 bits per heavy atom. The van der Waals surface area contributed by atoms with Gasteiger partial charge in [-0.15, -0.1) is 0 Å². The molecular formula is C60H44N2. The fourth-order valence-corrected chi connectivity index (χ4v) is 9.28. The number of nitrogens with zero attached hydrogens (tertiary/aromatic N) is 2. The summed E-state index contributed by atoms with van der Waals surface area (Å²) in [5, 5.41) is 2.51. The predicted octanol–water partition coefficient (Wildman–Crippen LogP) is 16.8. The van der Waals surface area contributed by atoms with Crippen molar-refractivity contribution in [2.75, 3.05) is 4.90 Å². The smallest absolute Gasteiger partial charge is 0.0625 e. The van der Waals surface area contributed by atoms with E-state index in [-0.39, 0.29) is 0 Å². The molecule has 0 amide bonds. The summed E-state index contributed by atoms with van der Waals surface area (Å²) in [5.74, 6) is 0. The molecule has 294 valence electrons. The summed E-state index contributed by atoms with van der Waals surface area (Å²) in [5.41, 5.74) is 18.9. The minimum absolute atomic E-state index is 1.03. The maximum Gasteiger partial charge on any atom is 0.0625 e. The number of para-hydroxylation sites is 2. The van der Waals surface area contributed by atoms with Crippen molar-refractivity contribution in [3.63, 3.8) is 0 Å². The molecular weight excluding hydrogens is 749 g/mol. The van der Waals surface area contributed by atoms with Crippen LogP contribution in [0.15, 0.2) is 243 Å². The Morgan fingerprint density at radius 2 is 0.919 bits per heavy atom. The van der Waals surface area contributed by atoms with Crippen LogP contribution >= 0.6 is 0 Å². The Morgan fingerprint density at radius 1 is 0.371 bits per heavy atom. The molecule has 0 saturated carbocycles. The summed E-state index contributed by atoms with van der Waals surface area (Å²) < 4.78 is 2.50. The molecule has 9 aromatic carbocycles. The third-order valence-electron chi connectivity index (χ3n) is 12.2. The van der Waals surface area contributed by atoms with Crippen molar-refractivity contribution >= 4 is 44.6 Å². The second-order valence-electron chi connectivity index (χ2n) is 16.0. The van der Waals surface area contributed by atoms with E-state index in [1.165, 1.54) is 83.1 Å². The normalized spacial score (nSPS) is 12.4. The zero-order valence-corrected chi connectivity index (χ0v) is 34.4. The molecule has 0 atom stereocenters. The molecule has 1 aromatic heterocycles. The first kappa shape index (κ1) is 37.1. The Kier molecular flexibility index (Phi) is 9.72. The molecule has 1 aliphatic rings. The highest BCUT2D eigenvalue weighted by atomic mass is 15.1. The van der Waals surface area contributed by atoms with Crippen molar-refractivity contribution < 1.29 is 0 Å². The highest BCUT2D eigenvalue weighted by molar-refractivity contribution is 6.20. The second-order valence-corrected chi connectivity index (χ2v) is 16.0. The van der Waals surface area contributed by atoms with Crippen LogP contribution in [0.4, 0.5) is 17.1 Å². The van der Waals surface area contributed by atoms with Gasteiger partial charge in [-0.1, -0.05) is 200 Å². The number of aromatic nitrogens is 1. The molecule has 0 fully saturated rings. The molecule has 0 N–H and O–H groups in total. The summed E-state index contributed by atoms with van der Waals surface area (Å²) in [6, 6.07) is 81.5. The highest BCUT2D eigenvalue weighted by Crippen LogP contribution is 2.46. The molecule has 0 saturated heterocycles. The van der Waals surface area contributed by atoms with E-state index in [1.54, 1.807) is 0 Å². The molecule has 11 rings (SSSR count).